The van der Waals surface area contributed by atoms with Crippen LogP contribution in [0.5, 0.6) is 0 Å². The van der Waals surface area contributed by atoms with E-state index in [0.29, 0.717) is 11.8 Å². The lowest BCUT2D eigenvalue weighted by molar-refractivity contribution is 0.129. The van der Waals surface area contributed by atoms with Gasteiger partial charge in [-0.05, 0) is 25.2 Å². The Morgan fingerprint density at radius 3 is 2.79 bits per heavy atom. The highest BCUT2D eigenvalue weighted by Gasteiger charge is 2.34. The van der Waals surface area contributed by atoms with Crippen molar-refractivity contribution in [1.29, 1.82) is 0 Å². The zero-order valence-electron chi connectivity index (χ0n) is 9.16. The summed E-state index contributed by atoms with van der Waals surface area (Å²) in [6, 6.07) is 0. The number of hydrogen-bond donors (Lipinski definition) is 1. The maximum Gasteiger partial charge on any atom is 0.0525 e. The maximum absolute atomic E-state index is 9.36. The van der Waals surface area contributed by atoms with E-state index < -0.39 is 0 Å². The summed E-state index contributed by atoms with van der Waals surface area (Å²) in [5, 5.41) is 9.36. The molecule has 14 heavy (non-hydrogen) atoms. The smallest absolute Gasteiger partial charge is 0.0525 e. The van der Waals surface area contributed by atoms with Crippen LogP contribution in [0.4, 0.5) is 0 Å². The Balaban J connectivity index is 2.90. The highest BCUT2D eigenvalue weighted by molar-refractivity contribution is 5.18. The van der Waals surface area contributed by atoms with Crippen LogP contribution in [-0.4, -0.2) is 11.7 Å². The zero-order chi connectivity index (χ0) is 10.8. The molecule has 1 heteroatoms. The first-order chi connectivity index (χ1) is 6.53. The minimum atomic E-state index is -0.131. The highest BCUT2D eigenvalue weighted by Crippen LogP contribution is 2.40. The fourth-order valence-electron chi connectivity index (χ4n) is 1.98. The van der Waals surface area contributed by atoms with Crippen molar-refractivity contribution in [3.63, 3.8) is 0 Å². The molecule has 0 fully saturated rings. The largest absolute Gasteiger partial charge is 0.395 e. The van der Waals surface area contributed by atoms with Crippen LogP contribution in [0, 0.1) is 17.3 Å². The van der Waals surface area contributed by atoms with E-state index in [0.717, 1.165) is 6.42 Å². The van der Waals surface area contributed by atoms with Gasteiger partial charge in [0.1, 0.15) is 0 Å². The van der Waals surface area contributed by atoms with Gasteiger partial charge in [0.15, 0.2) is 0 Å². The lowest BCUT2D eigenvalue weighted by Gasteiger charge is -2.37. The Bertz CT molecular complexity index is 264. The molecule has 1 rings (SSSR count). The molecule has 0 heterocycles. The third-order valence-electron chi connectivity index (χ3n) is 3.32. The quantitative estimate of drug-likeness (QED) is 0.682. The van der Waals surface area contributed by atoms with Crippen molar-refractivity contribution in [3.8, 4) is 0 Å². The second kappa shape index (κ2) is 4.14. The zero-order valence-corrected chi connectivity index (χ0v) is 9.16. The molecule has 0 aliphatic heterocycles. The Morgan fingerprint density at radius 2 is 2.36 bits per heavy atom. The SMILES string of the molecule is C=C[C@@H]1C[C@@H](C(=C)C)C=C[C@@]1(C)CO. The molecule has 78 valence electrons. The van der Waals surface area contributed by atoms with Gasteiger partial charge in [0, 0.05) is 5.41 Å². The van der Waals surface area contributed by atoms with Crippen molar-refractivity contribution in [2.24, 2.45) is 17.3 Å². The van der Waals surface area contributed by atoms with Crippen molar-refractivity contribution in [1.82, 2.24) is 0 Å². The average molecular weight is 192 g/mol. The van der Waals surface area contributed by atoms with Crippen molar-refractivity contribution < 1.29 is 5.11 Å². The van der Waals surface area contributed by atoms with Crippen LogP contribution in [0.15, 0.2) is 37.0 Å². The second-order valence-electron chi connectivity index (χ2n) is 4.55. The molecule has 0 spiro atoms. The molecule has 0 unspecified atom stereocenters. The summed E-state index contributed by atoms with van der Waals surface area (Å²) < 4.78 is 0. The summed E-state index contributed by atoms with van der Waals surface area (Å²) in [7, 11) is 0. The normalized spacial score (nSPS) is 36.8. The van der Waals surface area contributed by atoms with E-state index in [1.807, 2.05) is 6.08 Å². The second-order valence-corrected chi connectivity index (χ2v) is 4.55. The predicted molar refractivity (Wildman–Crippen MR) is 60.9 cm³/mol. The third kappa shape index (κ3) is 1.98. The number of hydrogen-bond acceptors (Lipinski definition) is 1. The van der Waals surface area contributed by atoms with Crippen LogP contribution in [0.2, 0.25) is 0 Å². The van der Waals surface area contributed by atoms with Gasteiger partial charge in [-0.15, -0.1) is 6.58 Å². The van der Waals surface area contributed by atoms with E-state index >= 15 is 0 Å². The Hall–Kier alpha value is -0.820. The molecule has 0 saturated heterocycles. The summed E-state index contributed by atoms with van der Waals surface area (Å²) in [5.41, 5.74) is 1.06. The minimum Gasteiger partial charge on any atom is -0.395 e. The molecule has 0 saturated carbocycles. The summed E-state index contributed by atoms with van der Waals surface area (Å²) in [6.07, 6.45) is 7.25. The van der Waals surface area contributed by atoms with Gasteiger partial charge in [0.05, 0.1) is 6.61 Å². The summed E-state index contributed by atoms with van der Waals surface area (Å²) in [5.74, 6) is 0.789. The van der Waals surface area contributed by atoms with Crippen LogP contribution < -0.4 is 0 Å². The summed E-state index contributed by atoms with van der Waals surface area (Å²) in [6.45, 7) is 12.1. The van der Waals surface area contributed by atoms with Gasteiger partial charge >= 0.3 is 0 Å². The van der Waals surface area contributed by atoms with Crippen LogP contribution in [0.3, 0.4) is 0 Å². The topological polar surface area (TPSA) is 20.2 Å². The van der Waals surface area contributed by atoms with Crippen molar-refractivity contribution in [2.75, 3.05) is 6.61 Å². The lowest BCUT2D eigenvalue weighted by atomic mass is 9.68. The molecule has 0 radical (unpaired) electrons. The third-order valence-corrected chi connectivity index (χ3v) is 3.32. The molecule has 1 aliphatic carbocycles. The van der Waals surface area contributed by atoms with E-state index in [9.17, 15) is 5.11 Å². The summed E-state index contributed by atoms with van der Waals surface area (Å²) >= 11 is 0. The van der Waals surface area contributed by atoms with Gasteiger partial charge < -0.3 is 5.11 Å². The van der Waals surface area contributed by atoms with Crippen LogP contribution >= 0.6 is 0 Å². The Labute approximate surface area is 86.8 Å². The van der Waals surface area contributed by atoms with E-state index in [4.69, 9.17) is 0 Å². The molecular formula is C13H20O. The molecule has 0 amide bonds. The van der Waals surface area contributed by atoms with Gasteiger partial charge in [-0.25, -0.2) is 0 Å². The molecule has 0 aromatic carbocycles. The molecule has 1 aliphatic rings. The lowest BCUT2D eigenvalue weighted by Crippen LogP contribution is -2.32. The first-order valence-corrected chi connectivity index (χ1v) is 5.11. The number of aliphatic hydroxyl groups is 1. The van der Waals surface area contributed by atoms with Crippen molar-refractivity contribution in [2.45, 2.75) is 20.3 Å². The summed E-state index contributed by atoms with van der Waals surface area (Å²) in [4.78, 5) is 0. The first-order valence-electron chi connectivity index (χ1n) is 5.11. The average Bonchev–Trinajstić information content (AvgIpc) is 2.18. The van der Waals surface area contributed by atoms with Crippen LogP contribution in [0.25, 0.3) is 0 Å². The number of aliphatic hydroxyl groups excluding tert-OH is 1. The van der Waals surface area contributed by atoms with E-state index in [1.165, 1.54) is 5.57 Å². The number of allylic oxidation sites excluding steroid dienone is 3. The molecule has 3 atom stereocenters. The molecule has 0 aromatic heterocycles. The molecule has 0 aromatic rings. The fraction of sp³-hybridized carbons (Fsp3) is 0.538. The van der Waals surface area contributed by atoms with Gasteiger partial charge in [-0.3, -0.25) is 0 Å². The first kappa shape index (κ1) is 11.3. The van der Waals surface area contributed by atoms with Gasteiger partial charge in [0.25, 0.3) is 0 Å². The van der Waals surface area contributed by atoms with Crippen LogP contribution in [0.1, 0.15) is 20.3 Å². The van der Waals surface area contributed by atoms with Gasteiger partial charge in [0.2, 0.25) is 0 Å². The van der Waals surface area contributed by atoms with E-state index in [2.05, 4.69) is 39.2 Å². The molecule has 0 bridgehead atoms. The Kier molecular flexibility index (Phi) is 3.33. The minimum absolute atomic E-state index is 0.131. The Morgan fingerprint density at radius 1 is 1.71 bits per heavy atom. The number of rotatable bonds is 3. The maximum atomic E-state index is 9.36. The predicted octanol–water partition coefficient (Wildman–Crippen LogP) is 2.94. The monoisotopic (exact) mass is 192 g/mol. The standard InChI is InChI=1S/C13H20O/c1-5-12-8-11(10(2)3)6-7-13(12,4)9-14/h5-7,11-12,14H,1-2,8-9H2,3-4H3/t11-,12+,13-/m0/s1. The van der Waals surface area contributed by atoms with Crippen molar-refractivity contribution in [3.05, 3.63) is 37.0 Å². The van der Waals surface area contributed by atoms with Crippen molar-refractivity contribution >= 4 is 0 Å². The highest BCUT2D eigenvalue weighted by atomic mass is 16.3. The molecule has 1 nitrogen and oxygen atoms in total. The van der Waals surface area contributed by atoms with Gasteiger partial charge in [-0.1, -0.05) is 37.3 Å². The van der Waals surface area contributed by atoms with E-state index in [-0.39, 0.29) is 12.0 Å². The fourth-order valence-corrected chi connectivity index (χ4v) is 1.98. The van der Waals surface area contributed by atoms with Gasteiger partial charge in [-0.2, -0.15) is 0 Å². The molecule has 1 N–H and O–H groups in total. The molecular weight excluding hydrogens is 172 g/mol. The van der Waals surface area contributed by atoms with E-state index in [1.54, 1.807) is 0 Å². The van der Waals surface area contributed by atoms with Crippen LogP contribution in [-0.2, 0) is 0 Å².